The number of benzene rings is 2. The van der Waals surface area contributed by atoms with Crippen LogP contribution in [0.15, 0.2) is 48.5 Å². The third-order valence-corrected chi connectivity index (χ3v) is 4.44. The molecule has 5 nitrogen and oxygen atoms in total. The van der Waals surface area contributed by atoms with Crippen molar-refractivity contribution in [2.75, 3.05) is 19.0 Å². The summed E-state index contributed by atoms with van der Waals surface area (Å²) in [5.74, 6) is 0.400. The average Bonchev–Trinajstić information content (AvgIpc) is 3.49. The maximum absolute atomic E-state index is 12.5. The highest BCUT2D eigenvalue weighted by molar-refractivity contribution is 5.81. The number of carbonyl (C=O) groups is 1. The fourth-order valence-electron chi connectivity index (χ4n) is 2.94. The van der Waals surface area contributed by atoms with Gasteiger partial charge in [0.1, 0.15) is 5.75 Å². The molecule has 28 heavy (non-hydrogen) atoms. The number of halogens is 3. The van der Waals surface area contributed by atoms with Crippen LogP contribution in [-0.4, -0.2) is 25.9 Å². The summed E-state index contributed by atoms with van der Waals surface area (Å²) in [7, 11) is 1.58. The zero-order valence-electron chi connectivity index (χ0n) is 15.3. The van der Waals surface area contributed by atoms with Crippen LogP contribution in [0.3, 0.4) is 0 Å². The van der Waals surface area contributed by atoms with Crippen LogP contribution >= 0.6 is 0 Å². The molecular formula is C20H21F3N2O3. The van der Waals surface area contributed by atoms with E-state index in [9.17, 15) is 18.0 Å². The maximum Gasteiger partial charge on any atom is 0.573 e. The molecule has 1 aliphatic carbocycles. The molecule has 2 aromatic carbocycles. The first kappa shape index (κ1) is 19.9. The van der Waals surface area contributed by atoms with E-state index in [1.807, 2.05) is 24.3 Å². The van der Waals surface area contributed by atoms with E-state index in [1.165, 1.54) is 18.2 Å². The van der Waals surface area contributed by atoms with Crippen molar-refractivity contribution in [3.8, 4) is 11.5 Å². The Morgan fingerprint density at radius 3 is 2.43 bits per heavy atom. The number of carbonyl (C=O) groups excluding carboxylic acids is 1. The lowest BCUT2D eigenvalue weighted by Gasteiger charge is -2.20. The maximum atomic E-state index is 12.5. The molecule has 1 amide bonds. The molecular weight excluding hydrogens is 373 g/mol. The van der Waals surface area contributed by atoms with Gasteiger partial charge < -0.3 is 20.1 Å². The number of rotatable bonds is 8. The fraction of sp³-hybridized carbons (Fsp3) is 0.350. The van der Waals surface area contributed by atoms with Gasteiger partial charge in [0.15, 0.2) is 5.75 Å². The zero-order valence-corrected chi connectivity index (χ0v) is 15.3. The molecule has 0 aromatic heterocycles. The minimum Gasteiger partial charge on any atom is -0.497 e. The Hall–Kier alpha value is -2.90. The third kappa shape index (κ3) is 5.55. The van der Waals surface area contributed by atoms with Gasteiger partial charge in [-0.3, -0.25) is 4.79 Å². The van der Waals surface area contributed by atoms with Gasteiger partial charge in [0, 0.05) is 0 Å². The molecule has 1 atom stereocenters. The summed E-state index contributed by atoms with van der Waals surface area (Å²) in [4.78, 5) is 12.4. The van der Waals surface area contributed by atoms with E-state index in [2.05, 4.69) is 15.4 Å². The molecule has 150 valence electrons. The lowest BCUT2D eigenvalue weighted by molar-refractivity contribution is -0.274. The molecule has 1 unspecified atom stereocenters. The van der Waals surface area contributed by atoms with Gasteiger partial charge in [-0.2, -0.15) is 0 Å². The van der Waals surface area contributed by atoms with Crippen LogP contribution in [0.5, 0.6) is 11.5 Å². The highest BCUT2D eigenvalue weighted by Crippen LogP contribution is 2.41. The second kappa shape index (κ2) is 8.41. The van der Waals surface area contributed by atoms with Crippen molar-refractivity contribution < 1.29 is 27.4 Å². The summed E-state index contributed by atoms with van der Waals surface area (Å²) >= 11 is 0. The van der Waals surface area contributed by atoms with E-state index in [4.69, 9.17) is 4.74 Å². The number of methoxy groups -OCH3 is 1. The van der Waals surface area contributed by atoms with Gasteiger partial charge in [-0.1, -0.05) is 24.3 Å². The van der Waals surface area contributed by atoms with Gasteiger partial charge in [-0.05, 0) is 48.6 Å². The quantitative estimate of drug-likeness (QED) is 0.702. The van der Waals surface area contributed by atoms with Gasteiger partial charge in [0.25, 0.3) is 0 Å². The normalized spacial score (nSPS) is 14.9. The first-order chi connectivity index (χ1) is 13.4. The van der Waals surface area contributed by atoms with Crippen LogP contribution in [0.25, 0.3) is 0 Å². The number of amides is 1. The molecule has 1 aliphatic rings. The Kier molecular flexibility index (Phi) is 5.96. The van der Waals surface area contributed by atoms with Crippen molar-refractivity contribution in [3.05, 3.63) is 54.1 Å². The minimum atomic E-state index is -4.80. The number of hydrogen-bond donors (Lipinski definition) is 2. The molecule has 0 aliphatic heterocycles. The van der Waals surface area contributed by atoms with Crippen molar-refractivity contribution in [2.45, 2.75) is 25.2 Å². The van der Waals surface area contributed by atoms with E-state index >= 15 is 0 Å². The van der Waals surface area contributed by atoms with Gasteiger partial charge >= 0.3 is 6.36 Å². The highest BCUT2D eigenvalue weighted by Gasteiger charge is 2.34. The van der Waals surface area contributed by atoms with Crippen LogP contribution in [-0.2, 0) is 4.79 Å². The van der Waals surface area contributed by atoms with Crippen LogP contribution in [0, 0.1) is 5.92 Å². The van der Waals surface area contributed by atoms with Crippen LogP contribution in [0.4, 0.5) is 18.9 Å². The van der Waals surface area contributed by atoms with Crippen LogP contribution in [0.1, 0.15) is 24.4 Å². The van der Waals surface area contributed by atoms with Gasteiger partial charge in [0.05, 0.1) is 25.4 Å². The molecule has 3 rings (SSSR count). The van der Waals surface area contributed by atoms with Crippen molar-refractivity contribution in [1.29, 1.82) is 0 Å². The lowest BCUT2D eigenvalue weighted by Crippen LogP contribution is -2.34. The standard InChI is InChI=1S/C20H21F3N2O3/c1-27-15-10-8-14(9-11-15)19(13-6-7-13)25-18(26)12-24-16-4-2-3-5-17(16)28-20(21,22)23/h2-5,8-11,13,19,24H,6-7,12H2,1H3,(H,25,26). The summed E-state index contributed by atoms with van der Waals surface area (Å²) in [6.45, 7) is -0.169. The summed E-state index contributed by atoms with van der Waals surface area (Å²) in [5, 5.41) is 5.68. The van der Waals surface area contributed by atoms with Crippen molar-refractivity contribution in [1.82, 2.24) is 5.32 Å². The van der Waals surface area contributed by atoms with E-state index < -0.39 is 6.36 Å². The van der Waals surface area contributed by atoms with Gasteiger partial charge in [-0.25, -0.2) is 0 Å². The zero-order chi connectivity index (χ0) is 20.1. The van der Waals surface area contributed by atoms with Crippen LogP contribution in [0.2, 0.25) is 0 Å². The molecule has 0 saturated heterocycles. The number of ether oxygens (including phenoxy) is 2. The Balaban J connectivity index is 1.61. The minimum absolute atomic E-state index is 0.0994. The van der Waals surface area contributed by atoms with Gasteiger partial charge in [0.2, 0.25) is 5.91 Å². The van der Waals surface area contributed by atoms with Crippen molar-refractivity contribution in [2.24, 2.45) is 5.92 Å². The van der Waals surface area contributed by atoms with E-state index in [0.717, 1.165) is 24.2 Å². The molecule has 1 saturated carbocycles. The average molecular weight is 394 g/mol. The smallest absolute Gasteiger partial charge is 0.497 e. The molecule has 0 radical (unpaired) electrons. The molecule has 2 N–H and O–H groups in total. The molecule has 0 heterocycles. The second-order valence-corrected chi connectivity index (χ2v) is 6.55. The SMILES string of the molecule is COc1ccc(C(NC(=O)CNc2ccccc2OC(F)(F)F)C2CC2)cc1. The number of hydrogen-bond acceptors (Lipinski definition) is 4. The predicted octanol–water partition coefficient (Wildman–Crippen LogP) is 4.27. The van der Waals surface area contributed by atoms with E-state index in [0.29, 0.717) is 5.92 Å². The number of alkyl halides is 3. The molecule has 0 spiro atoms. The molecule has 2 aromatic rings. The van der Waals surface area contributed by atoms with Crippen LogP contribution < -0.4 is 20.1 Å². The van der Waals surface area contributed by atoms with Crippen molar-refractivity contribution >= 4 is 11.6 Å². The molecule has 0 bridgehead atoms. The fourth-order valence-corrected chi connectivity index (χ4v) is 2.94. The Labute approximate surface area is 160 Å². The monoisotopic (exact) mass is 394 g/mol. The highest BCUT2D eigenvalue weighted by atomic mass is 19.4. The summed E-state index contributed by atoms with van der Waals surface area (Å²) < 4.78 is 46.6. The predicted molar refractivity (Wildman–Crippen MR) is 98.2 cm³/mol. The first-order valence-electron chi connectivity index (χ1n) is 8.87. The Morgan fingerprint density at radius 1 is 1.14 bits per heavy atom. The Morgan fingerprint density at radius 2 is 1.82 bits per heavy atom. The van der Waals surface area contributed by atoms with Gasteiger partial charge in [-0.15, -0.1) is 13.2 Å². The van der Waals surface area contributed by atoms with E-state index in [1.54, 1.807) is 13.2 Å². The largest absolute Gasteiger partial charge is 0.573 e. The lowest BCUT2D eigenvalue weighted by atomic mass is 10.0. The topological polar surface area (TPSA) is 59.6 Å². The summed E-state index contributed by atoms with van der Waals surface area (Å²) in [5.41, 5.74) is 1.07. The third-order valence-electron chi connectivity index (χ3n) is 4.44. The first-order valence-corrected chi connectivity index (χ1v) is 8.87. The molecule has 1 fully saturated rings. The van der Waals surface area contributed by atoms with E-state index in [-0.39, 0.29) is 29.9 Å². The number of nitrogens with one attached hydrogen (secondary N) is 2. The summed E-state index contributed by atoms with van der Waals surface area (Å²) in [6.07, 6.45) is -2.76. The molecule has 8 heteroatoms. The number of anilines is 1. The summed E-state index contributed by atoms with van der Waals surface area (Å²) in [6, 6.07) is 13.0. The van der Waals surface area contributed by atoms with Crippen molar-refractivity contribution in [3.63, 3.8) is 0 Å². The Bertz CT molecular complexity index is 805. The second-order valence-electron chi connectivity index (χ2n) is 6.55. The number of para-hydroxylation sites is 2.